The smallest absolute Gasteiger partial charge is 0.303 e. The van der Waals surface area contributed by atoms with Gasteiger partial charge in [-0.2, -0.15) is 0 Å². The Morgan fingerprint density at radius 1 is 0.824 bits per heavy atom. The van der Waals surface area contributed by atoms with E-state index in [1.54, 1.807) is 0 Å². The molecule has 0 N–H and O–H groups in total. The highest BCUT2D eigenvalue weighted by Crippen LogP contribution is 2.67. The lowest BCUT2D eigenvalue weighted by atomic mass is 9.44. The largest absolute Gasteiger partial charge is 0.458 e. The van der Waals surface area contributed by atoms with Crippen molar-refractivity contribution in [3.8, 4) is 0 Å². The van der Waals surface area contributed by atoms with Gasteiger partial charge < -0.3 is 14.2 Å². The number of fused-ring (bicyclic) bond motifs is 5. The Kier molecular flexibility index (Phi) is 6.62. The lowest BCUT2D eigenvalue weighted by Crippen LogP contribution is -2.64. The van der Waals surface area contributed by atoms with E-state index in [0.717, 1.165) is 32.1 Å². The summed E-state index contributed by atoms with van der Waals surface area (Å²) in [5, 5.41) is 0. The molecule has 190 valence electrons. The monoisotopic (exact) mass is 476 g/mol. The van der Waals surface area contributed by atoms with Crippen molar-refractivity contribution in [3.63, 3.8) is 0 Å². The van der Waals surface area contributed by atoms with E-state index in [1.807, 2.05) is 0 Å². The number of hydrogen-bond donors (Lipinski definition) is 0. The molecule has 0 radical (unpaired) electrons. The Labute approximate surface area is 202 Å². The Bertz CT molecular complexity index is 867. The van der Waals surface area contributed by atoms with E-state index >= 15 is 0 Å². The van der Waals surface area contributed by atoms with Crippen LogP contribution in [0.1, 0.15) is 86.5 Å². The zero-order chi connectivity index (χ0) is 25.0. The van der Waals surface area contributed by atoms with Gasteiger partial charge in [-0.3, -0.25) is 19.2 Å². The SMILES string of the molecule is CC[C@H]1C(=O)C[C@@H]2[C@H]3CC[C@H]4[C@H](OC(C)=O)[C@H](OC(C)=O)[C@H](OC(C)=O)C[C@]4(C)[C@H]3CC[C@@]21C. The fourth-order valence-corrected chi connectivity index (χ4v) is 8.90. The minimum atomic E-state index is -0.814. The summed E-state index contributed by atoms with van der Waals surface area (Å²) in [5.74, 6) is 0.316. The predicted molar refractivity (Wildman–Crippen MR) is 123 cm³/mol. The van der Waals surface area contributed by atoms with E-state index in [1.165, 1.54) is 20.8 Å². The fraction of sp³-hybridized carbons (Fsp3) is 0.852. The molecular weight excluding hydrogens is 436 g/mol. The quantitative estimate of drug-likeness (QED) is 0.442. The van der Waals surface area contributed by atoms with Crippen LogP contribution in [0.2, 0.25) is 0 Å². The van der Waals surface area contributed by atoms with Crippen molar-refractivity contribution in [2.24, 2.45) is 40.4 Å². The van der Waals surface area contributed by atoms with Crippen LogP contribution in [0, 0.1) is 40.4 Å². The molecule has 0 saturated heterocycles. The normalized spacial score (nSPS) is 45.4. The van der Waals surface area contributed by atoms with E-state index in [0.29, 0.717) is 36.4 Å². The Hall–Kier alpha value is -1.92. The van der Waals surface area contributed by atoms with Crippen LogP contribution in [0.25, 0.3) is 0 Å². The highest BCUT2D eigenvalue weighted by molar-refractivity contribution is 5.84. The van der Waals surface area contributed by atoms with Gasteiger partial charge in [0.15, 0.2) is 6.10 Å². The third-order valence-corrected chi connectivity index (χ3v) is 10.0. The van der Waals surface area contributed by atoms with Crippen LogP contribution in [0.5, 0.6) is 0 Å². The van der Waals surface area contributed by atoms with Gasteiger partial charge in [0.1, 0.15) is 18.0 Å². The fourth-order valence-electron chi connectivity index (χ4n) is 8.90. The van der Waals surface area contributed by atoms with Gasteiger partial charge in [-0.15, -0.1) is 0 Å². The second kappa shape index (κ2) is 8.94. The van der Waals surface area contributed by atoms with Crippen LogP contribution >= 0.6 is 0 Å². The summed E-state index contributed by atoms with van der Waals surface area (Å²) in [6.45, 7) is 10.7. The molecule has 0 unspecified atom stereocenters. The van der Waals surface area contributed by atoms with Gasteiger partial charge in [0.05, 0.1) is 0 Å². The van der Waals surface area contributed by atoms with Crippen molar-refractivity contribution < 1.29 is 33.4 Å². The van der Waals surface area contributed by atoms with Gasteiger partial charge >= 0.3 is 17.9 Å². The summed E-state index contributed by atoms with van der Waals surface area (Å²) in [5.41, 5.74) is -0.204. The summed E-state index contributed by atoms with van der Waals surface area (Å²) in [4.78, 5) is 49.0. The molecule has 0 aromatic rings. The van der Waals surface area contributed by atoms with Crippen LogP contribution < -0.4 is 0 Å². The molecule has 0 aromatic carbocycles. The van der Waals surface area contributed by atoms with Crippen molar-refractivity contribution in [3.05, 3.63) is 0 Å². The first-order valence-corrected chi connectivity index (χ1v) is 13.0. The van der Waals surface area contributed by atoms with Crippen molar-refractivity contribution in [1.29, 1.82) is 0 Å². The van der Waals surface area contributed by atoms with Crippen LogP contribution in [-0.2, 0) is 33.4 Å². The second-order valence-electron chi connectivity index (χ2n) is 11.7. The number of ketones is 1. The van der Waals surface area contributed by atoms with Crippen molar-refractivity contribution in [2.75, 3.05) is 0 Å². The lowest BCUT2D eigenvalue weighted by Gasteiger charge is -2.62. The molecule has 4 rings (SSSR count). The molecule has 0 aromatic heterocycles. The molecule has 0 amide bonds. The summed E-state index contributed by atoms with van der Waals surface area (Å²) >= 11 is 0. The summed E-state index contributed by atoms with van der Waals surface area (Å²) in [6, 6.07) is 0. The average Bonchev–Trinajstić information content (AvgIpc) is 2.98. The molecule has 4 aliphatic carbocycles. The predicted octanol–water partition coefficient (Wildman–Crippen LogP) is 4.25. The van der Waals surface area contributed by atoms with Crippen molar-refractivity contribution in [2.45, 2.75) is 105 Å². The molecule has 0 aliphatic heterocycles. The van der Waals surface area contributed by atoms with E-state index in [4.69, 9.17) is 14.2 Å². The highest BCUT2D eigenvalue weighted by atomic mass is 16.6. The molecular formula is C27H40O7. The molecule has 4 aliphatic rings. The molecule has 7 heteroatoms. The molecule has 0 spiro atoms. The third-order valence-electron chi connectivity index (χ3n) is 10.0. The van der Waals surface area contributed by atoms with Crippen molar-refractivity contribution in [1.82, 2.24) is 0 Å². The van der Waals surface area contributed by atoms with E-state index in [2.05, 4.69) is 20.8 Å². The zero-order valence-corrected chi connectivity index (χ0v) is 21.4. The van der Waals surface area contributed by atoms with Gasteiger partial charge in [-0.25, -0.2) is 0 Å². The Balaban J connectivity index is 1.71. The zero-order valence-electron chi connectivity index (χ0n) is 21.4. The van der Waals surface area contributed by atoms with Gasteiger partial charge in [-0.1, -0.05) is 20.8 Å². The first kappa shape index (κ1) is 25.2. The molecule has 34 heavy (non-hydrogen) atoms. The summed E-state index contributed by atoms with van der Waals surface area (Å²) < 4.78 is 17.2. The minimum Gasteiger partial charge on any atom is -0.458 e. The molecule has 4 fully saturated rings. The van der Waals surface area contributed by atoms with Crippen LogP contribution in [0.3, 0.4) is 0 Å². The van der Waals surface area contributed by atoms with Crippen LogP contribution in [-0.4, -0.2) is 42.0 Å². The highest BCUT2D eigenvalue weighted by Gasteiger charge is 2.65. The van der Waals surface area contributed by atoms with Gasteiger partial charge in [0, 0.05) is 39.0 Å². The molecule has 0 bridgehead atoms. The topological polar surface area (TPSA) is 96.0 Å². The molecule has 10 atom stereocenters. The Morgan fingerprint density at radius 2 is 1.44 bits per heavy atom. The number of carbonyl (C=O) groups excluding carboxylic acids is 4. The van der Waals surface area contributed by atoms with E-state index in [-0.39, 0.29) is 22.7 Å². The molecule has 4 saturated carbocycles. The average molecular weight is 477 g/mol. The number of carbonyl (C=O) groups is 4. The third kappa shape index (κ3) is 3.97. The van der Waals surface area contributed by atoms with Gasteiger partial charge in [0.25, 0.3) is 0 Å². The van der Waals surface area contributed by atoms with Crippen LogP contribution in [0.4, 0.5) is 0 Å². The van der Waals surface area contributed by atoms with Crippen molar-refractivity contribution >= 4 is 23.7 Å². The van der Waals surface area contributed by atoms with E-state index in [9.17, 15) is 19.2 Å². The maximum atomic E-state index is 12.9. The standard InChI is InChI=1S/C27H40O7/c1-7-18-22(31)12-21-17-8-9-20-24(33-15(3)29)25(34-16(4)30)23(32-14(2)28)13-27(20,6)19(17)10-11-26(18,21)5/h17-21,23-25H,7-13H2,1-6H3/t17-,18-,19-,20-,21+,23+,24-,25+,26+,27+/m0/s1. The number of rotatable bonds is 4. The number of ether oxygens (including phenoxy) is 3. The minimum absolute atomic E-state index is 0.00255. The first-order chi connectivity index (χ1) is 15.9. The van der Waals surface area contributed by atoms with E-state index < -0.39 is 36.2 Å². The molecule has 0 heterocycles. The summed E-state index contributed by atoms with van der Waals surface area (Å²) in [7, 11) is 0. The first-order valence-electron chi connectivity index (χ1n) is 13.0. The second-order valence-corrected chi connectivity index (χ2v) is 11.7. The maximum absolute atomic E-state index is 12.9. The van der Waals surface area contributed by atoms with Gasteiger partial charge in [-0.05, 0) is 67.1 Å². The van der Waals surface area contributed by atoms with Crippen LogP contribution in [0.15, 0.2) is 0 Å². The maximum Gasteiger partial charge on any atom is 0.303 e. The number of hydrogen-bond acceptors (Lipinski definition) is 7. The lowest BCUT2D eigenvalue weighted by molar-refractivity contribution is -0.234. The molecule has 7 nitrogen and oxygen atoms in total. The van der Waals surface area contributed by atoms with Gasteiger partial charge in [0.2, 0.25) is 0 Å². The number of esters is 3. The summed E-state index contributed by atoms with van der Waals surface area (Å²) in [6.07, 6.45) is 3.79. The number of Topliss-reactive ketones (excluding diaryl/α,β-unsaturated/α-hetero) is 1. The Morgan fingerprint density at radius 3 is 2.03 bits per heavy atom.